The first-order valence-electron chi connectivity index (χ1n) is 7.70. The maximum absolute atomic E-state index is 12.1. The summed E-state index contributed by atoms with van der Waals surface area (Å²) in [6.45, 7) is 2.84. The van der Waals surface area contributed by atoms with Gasteiger partial charge in [0.1, 0.15) is 12.4 Å². The van der Waals surface area contributed by atoms with E-state index in [1.807, 2.05) is 61.5 Å². The van der Waals surface area contributed by atoms with Gasteiger partial charge >= 0.3 is 0 Å². The number of aryl methyl sites for hydroxylation is 1. The summed E-state index contributed by atoms with van der Waals surface area (Å²) in [6.07, 6.45) is 0. The molecule has 0 radical (unpaired) electrons. The minimum atomic E-state index is -0.0652. The fourth-order valence-electron chi connectivity index (χ4n) is 2.57. The van der Waals surface area contributed by atoms with Crippen molar-refractivity contribution in [1.82, 2.24) is 5.32 Å². The highest BCUT2D eigenvalue weighted by molar-refractivity contribution is 5.95. The number of carbonyl (C=O) groups is 1. The van der Waals surface area contributed by atoms with Gasteiger partial charge in [0.25, 0.3) is 5.91 Å². The highest BCUT2D eigenvalue weighted by atomic mass is 16.5. The molecule has 0 unspecified atom stereocenters. The fourth-order valence-corrected chi connectivity index (χ4v) is 2.57. The molecule has 3 aromatic carbocycles. The summed E-state index contributed by atoms with van der Waals surface area (Å²) in [4.78, 5) is 12.1. The third-order valence-corrected chi connectivity index (χ3v) is 3.78. The lowest BCUT2D eigenvalue weighted by molar-refractivity contribution is 0.0946. The van der Waals surface area contributed by atoms with Gasteiger partial charge in [0.15, 0.2) is 0 Å². The van der Waals surface area contributed by atoms with Crippen LogP contribution in [0.15, 0.2) is 66.7 Å². The van der Waals surface area contributed by atoms with E-state index in [2.05, 4.69) is 17.4 Å². The van der Waals surface area contributed by atoms with Gasteiger partial charge in [-0.15, -0.1) is 0 Å². The average molecular weight is 305 g/mol. The zero-order valence-corrected chi connectivity index (χ0v) is 13.1. The van der Waals surface area contributed by atoms with Crippen LogP contribution in [-0.4, -0.2) is 19.1 Å². The quantitative estimate of drug-likeness (QED) is 0.725. The molecule has 0 saturated heterocycles. The third-order valence-electron chi connectivity index (χ3n) is 3.78. The molecule has 3 nitrogen and oxygen atoms in total. The Kier molecular flexibility index (Phi) is 4.57. The summed E-state index contributed by atoms with van der Waals surface area (Å²) in [7, 11) is 0. The van der Waals surface area contributed by atoms with Crippen LogP contribution >= 0.6 is 0 Å². The summed E-state index contributed by atoms with van der Waals surface area (Å²) in [5.41, 5.74) is 1.68. The molecule has 23 heavy (non-hydrogen) atoms. The zero-order valence-electron chi connectivity index (χ0n) is 13.1. The molecule has 0 aliphatic rings. The normalized spacial score (nSPS) is 10.5. The Morgan fingerprint density at radius 3 is 2.57 bits per heavy atom. The second-order valence-corrected chi connectivity index (χ2v) is 5.40. The molecular weight excluding hydrogens is 286 g/mol. The van der Waals surface area contributed by atoms with Gasteiger partial charge in [0.2, 0.25) is 0 Å². The van der Waals surface area contributed by atoms with E-state index in [0.717, 1.165) is 22.1 Å². The smallest absolute Gasteiger partial charge is 0.251 e. The van der Waals surface area contributed by atoms with Crippen molar-refractivity contribution in [2.75, 3.05) is 13.2 Å². The van der Waals surface area contributed by atoms with Gasteiger partial charge in [-0.3, -0.25) is 4.79 Å². The van der Waals surface area contributed by atoms with Crippen LogP contribution in [0.2, 0.25) is 0 Å². The maximum Gasteiger partial charge on any atom is 0.251 e. The minimum Gasteiger partial charge on any atom is -0.491 e. The second-order valence-electron chi connectivity index (χ2n) is 5.40. The van der Waals surface area contributed by atoms with Crippen molar-refractivity contribution in [1.29, 1.82) is 0 Å². The van der Waals surface area contributed by atoms with E-state index in [1.54, 1.807) is 0 Å². The second kappa shape index (κ2) is 6.97. The van der Waals surface area contributed by atoms with Crippen LogP contribution in [-0.2, 0) is 0 Å². The van der Waals surface area contributed by atoms with Crippen molar-refractivity contribution >= 4 is 16.7 Å². The summed E-state index contributed by atoms with van der Waals surface area (Å²) in [5, 5.41) is 5.12. The largest absolute Gasteiger partial charge is 0.491 e. The van der Waals surface area contributed by atoms with Gasteiger partial charge < -0.3 is 10.1 Å². The molecule has 116 valence electrons. The van der Waals surface area contributed by atoms with Crippen LogP contribution < -0.4 is 10.1 Å². The Hall–Kier alpha value is -2.81. The van der Waals surface area contributed by atoms with E-state index in [0.29, 0.717) is 18.7 Å². The molecule has 0 saturated carbocycles. The predicted octanol–water partition coefficient (Wildman–Crippen LogP) is 3.96. The lowest BCUT2D eigenvalue weighted by Crippen LogP contribution is -2.28. The summed E-state index contributed by atoms with van der Waals surface area (Å²) < 4.78 is 5.82. The monoisotopic (exact) mass is 305 g/mol. The molecule has 0 fully saturated rings. The van der Waals surface area contributed by atoms with Crippen LogP contribution in [0.1, 0.15) is 15.9 Å². The topological polar surface area (TPSA) is 38.3 Å². The first-order chi connectivity index (χ1) is 11.3. The highest BCUT2D eigenvalue weighted by Crippen LogP contribution is 2.24. The molecule has 1 N–H and O–H groups in total. The first-order valence-corrected chi connectivity index (χ1v) is 7.70. The van der Waals surface area contributed by atoms with Gasteiger partial charge in [-0.25, -0.2) is 0 Å². The van der Waals surface area contributed by atoms with Gasteiger partial charge in [0.05, 0.1) is 6.54 Å². The molecule has 3 heteroatoms. The van der Waals surface area contributed by atoms with E-state index in [9.17, 15) is 4.79 Å². The first kappa shape index (κ1) is 15.1. The highest BCUT2D eigenvalue weighted by Gasteiger charge is 2.07. The minimum absolute atomic E-state index is 0.0652. The molecule has 3 rings (SSSR count). The molecule has 0 aliphatic heterocycles. The molecule has 1 amide bonds. The Balaban J connectivity index is 1.57. The van der Waals surface area contributed by atoms with Crippen LogP contribution in [0.5, 0.6) is 5.75 Å². The molecule has 0 aromatic heterocycles. The number of benzene rings is 3. The van der Waals surface area contributed by atoms with Crippen molar-refractivity contribution in [3.05, 3.63) is 77.9 Å². The number of nitrogens with one attached hydrogen (secondary N) is 1. The number of amides is 1. The molecule has 0 spiro atoms. The van der Waals surface area contributed by atoms with Crippen molar-refractivity contribution in [3.8, 4) is 5.75 Å². The number of fused-ring (bicyclic) bond motifs is 1. The molecular formula is C20H19NO2. The van der Waals surface area contributed by atoms with Crippen LogP contribution in [0.4, 0.5) is 0 Å². The standard InChI is InChI=1S/C20H19NO2/c1-15-7-2-4-10-17(15)20(22)21-13-14-23-19-12-6-9-16-8-3-5-11-18(16)19/h2-12H,13-14H2,1H3,(H,21,22). The zero-order chi connectivity index (χ0) is 16.1. The lowest BCUT2D eigenvalue weighted by Gasteiger charge is -2.11. The van der Waals surface area contributed by atoms with Gasteiger partial charge in [-0.2, -0.15) is 0 Å². The number of hydrogen-bond donors (Lipinski definition) is 1. The SMILES string of the molecule is Cc1ccccc1C(=O)NCCOc1cccc2ccccc12. The van der Waals surface area contributed by atoms with E-state index in [1.165, 1.54) is 0 Å². The Morgan fingerprint density at radius 2 is 1.70 bits per heavy atom. The van der Waals surface area contributed by atoms with Crippen LogP contribution in [0.25, 0.3) is 10.8 Å². The van der Waals surface area contributed by atoms with Gasteiger partial charge in [0, 0.05) is 10.9 Å². The molecule has 3 aromatic rings. The van der Waals surface area contributed by atoms with E-state index >= 15 is 0 Å². The van der Waals surface area contributed by atoms with Crippen molar-refractivity contribution in [2.24, 2.45) is 0 Å². The van der Waals surface area contributed by atoms with Crippen LogP contribution in [0, 0.1) is 6.92 Å². The van der Waals surface area contributed by atoms with Gasteiger partial charge in [-0.1, -0.05) is 54.6 Å². The van der Waals surface area contributed by atoms with Crippen LogP contribution in [0.3, 0.4) is 0 Å². The number of ether oxygens (including phenoxy) is 1. The summed E-state index contributed by atoms with van der Waals surface area (Å²) in [6, 6.07) is 21.6. The van der Waals surface area contributed by atoms with E-state index in [-0.39, 0.29) is 5.91 Å². The predicted molar refractivity (Wildman–Crippen MR) is 93.0 cm³/mol. The maximum atomic E-state index is 12.1. The Morgan fingerprint density at radius 1 is 0.957 bits per heavy atom. The van der Waals surface area contributed by atoms with Crippen molar-refractivity contribution in [3.63, 3.8) is 0 Å². The Labute approximate surface area is 135 Å². The number of carbonyl (C=O) groups excluding carboxylic acids is 1. The Bertz CT molecular complexity index is 821. The number of hydrogen-bond acceptors (Lipinski definition) is 2. The average Bonchev–Trinajstić information content (AvgIpc) is 2.59. The van der Waals surface area contributed by atoms with E-state index < -0.39 is 0 Å². The summed E-state index contributed by atoms with van der Waals surface area (Å²) in [5.74, 6) is 0.776. The van der Waals surface area contributed by atoms with Crippen molar-refractivity contribution in [2.45, 2.75) is 6.92 Å². The third kappa shape index (κ3) is 3.51. The van der Waals surface area contributed by atoms with Crippen molar-refractivity contribution < 1.29 is 9.53 Å². The number of rotatable bonds is 5. The molecule has 0 aliphatic carbocycles. The van der Waals surface area contributed by atoms with Gasteiger partial charge in [-0.05, 0) is 30.0 Å². The van der Waals surface area contributed by atoms with E-state index in [4.69, 9.17) is 4.74 Å². The molecule has 0 bridgehead atoms. The summed E-state index contributed by atoms with van der Waals surface area (Å²) >= 11 is 0. The molecule has 0 atom stereocenters. The fraction of sp³-hybridized carbons (Fsp3) is 0.150. The molecule has 0 heterocycles. The lowest BCUT2D eigenvalue weighted by atomic mass is 10.1.